The van der Waals surface area contributed by atoms with E-state index in [0.29, 0.717) is 17.8 Å². The third-order valence-corrected chi connectivity index (χ3v) is 5.82. The van der Waals surface area contributed by atoms with Gasteiger partial charge in [-0.25, -0.2) is 4.39 Å². The fourth-order valence-electron chi connectivity index (χ4n) is 2.78. The Balaban J connectivity index is 2.37. The van der Waals surface area contributed by atoms with E-state index in [4.69, 9.17) is 0 Å². The summed E-state index contributed by atoms with van der Waals surface area (Å²) in [6.45, 7) is 2.45. The van der Waals surface area contributed by atoms with Crippen molar-refractivity contribution in [3.05, 3.63) is 59.6 Å². The number of amidine groups is 1. The Morgan fingerprint density at radius 1 is 1.29 bits per heavy atom. The number of benzene rings is 1. The average Bonchev–Trinajstić information content (AvgIpc) is 2.96. The van der Waals surface area contributed by atoms with E-state index in [1.165, 1.54) is 32.2 Å². The molecule has 1 aromatic rings. The summed E-state index contributed by atoms with van der Waals surface area (Å²) in [4.78, 5) is 16.6. The molecule has 1 aliphatic heterocycles. The third-order valence-electron chi connectivity index (χ3n) is 4.57. The monoisotopic (exact) mass is 465 g/mol. The highest BCUT2D eigenvalue weighted by Gasteiger charge is 2.62. The van der Waals surface area contributed by atoms with Gasteiger partial charge in [-0.2, -0.15) is 22.0 Å². The second-order valence-electron chi connectivity index (χ2n) is 6.90. The molecule has 2 atom stereocenters. The molecule has 1 fully saturated rings. The van der Waals surface area contributed by atoms with E-state index < -0.39 is 46.6 Å². The maximum absolute atomic E-state index is 15.3. The van der Waals surface area contributed by atoms with Crippen molar-refractivity contribution in [2.24, 2.45) is 4.99 Å². The second-order valence-corrected chi connectivity index (χ2v) is 8.30. The molecule has 0 spiro atoms. The molecule has 2 N–H and O–H groups in total. The van der Waals surface area contributed by atoms with Gasteiger partial charge in [0, 0.05) is 18.2 Å². The molecule has 1 aromatic carbocycles. The van der Waals surface area contributed by atoms with Crippen molar-refractivity contribution < 1.29 is 31.1 Å². The average molecular weight is 465 g/mol. The summed E-state index contributed by atoms with van der Waals surface area (Å²) in [7, 11) is 1.39. The normalized spacial score (nSPS) is 22.8. The molecule has 1 saturated heterocycles. The van der Waals surface area contributed by atoms with E-state index in [2.05, 4.69) is 15.6 Å². The number of amides is 1. The quantitative estimate of drug-likeness (QED) is 0.435. The van der Waals surface area contributed by atoms with Crippen LogP contribution in [-0.4, -0.2) is 35.0 Å². The van der Waals surface area contributed by atoms with E-state index in [1.54, 1.807) is 6.07 Å². The van der Waals surface area contributed by atoms with Gasteiger partial charge in [0.25, 0.3) is 5.92 Å². The first-order valence-corrected chi connectivity index (χ1v) is 9.95. The summed E-state index contributed by atoms with van der Waals surface area (Å²) < 4.78 is 79.9. The van der Waals surface area contributed by atoms with Crippen LogP contribution in [0.1, 0.15) is 31.9 Å². The van der Waals surface area contributed by atoms with E-state index >= 15 is 8.78 Å². The lowest BCUT2D eigenvalue weighted by atomic mass is 9.93. The minimum Gasteiger partial charge on any atom is -0.394 e. The lowest BCUT2D eigenvalue weighted by Crippen LogP contribution is -2.50. The van der Waals surface area contributed by atoms with E-state index in [1.807, 2.05) is 0 Å². The van der Waals surface area contributed by atoms with Gasteiger partial charge in [0.15, 0.2) is 9.91 Å². The minimum atomic E-state index is -4.69. The Morgan fingerprint density at radius 3 is 2.52 bits per heavy atom. The highest BCUT2D eigenvalue weighted by molar-refractivity contribution is 8.16. The van der Waals surface area contributed by atoms with Crippen LogP contribution in [0.2, 0.25) is 0 Å². The first-order chi connectivity index (χ1) is 14.3. The van der Waals surface area contributed by atoms with Crippen molar-refractivity contribution >= 4 is 22.8 Å². The topological polar surface area (TPSA) is 53.5 Å². The lowest BCUT2D eigenvalue weighted by Gasteiger charge is -2.31. The number of halogens is 6. The summed E-state index contributed by atoms with van der Waals surface area (Å²) in [5.74, 6) is -5.63. The standard InChI is InChI=1S/C20H21F6N3OS/c1-12(14-6-4-5-7-15(14)21)28-17-29-16(30)18(2,31-17)20(25,26)13(9-11-27-3)8-10-19(22,23)24/h4-9,11-12,27H,10H2,1-3H3,(H,28,29,30)/b11-9-,13-8+/t12-,18?/m0/s1. The number of hydrogen-bond donors (Lipinski definition) is 2. The number of carbonyl (C=O) groups is 1. The fourth-order valence-corrected chi connectivity index (χ4v) is 3.91. The van der Waals surface area contributed by atoms with Gasteiger partial charge in [-0.1, -0.05) is 36.0 Å². The van der Waals surface area contributed by atoms with Crippen LogP contribution in [0, 0.1) is 5.82 Å². The predicted octanol–water partition coefficient (Wildman–Crippen LogP) is 5.11. The first-order valence-electron chi connectivity index (χ1n) is 9.13. The van der Waals surface area contributed by atoms with Gasteiger partial charge < -0.3 is 10.6 Å². The molecule has 1 amide bonds. The third kappa shape index (κ3) is 5.63. The smallest absolute Gasteiger partial charge is 0.392 e. The van der Waals surface area contributed by atoms with Crippen LogP contribution in [0.3, 0.4) is 0 Å². The molecule has 0 bridgehead atoms. The van der Waals surface area contributed by atoms with Crippen molar-refractivity contribution in [2.45, 2.75) is 43.2 Å². The van der Waals surface area contributed by atoms with Crippen LogP contribution in [0.15, 0.2) is 53.2 Å². The van der Waals surface area contributed by atoms with Crippen molar-refractivity contribution in [1.82, 2.24) is 10.6 Å². The second kappa shape index (κ2) is 9.37. The van der Waals surface area contributed by atoms with Gasteiger partial charge in [-0.05, 0) is 32.2 Å². The maximum Gasteiger partial charge on any atom is 0.392 e. The Labute approximate surface area is 179 Å². The van der Waals surface area contributed by atoms with E-state index in [-0.39, 0.29) is 10.7 Å². The molecule has 0 aliphatic carbocycles. The number of carbonyl (C=O) groups excluding carboxylic acids is 1. The van der Waals surface area contributed by atoms with Crippen LogP contribution in [0.25, 0.3) is 0 Å². The number of rotatable bonds is 7. The molecular weight excluding hydrogens is 444 g/mol. The summed E-state index contributed by atoms with van der Waals surface area (Å²) in [5.41, 5.74) is -0.763. The fraction of sp³-hybridized carbons (Fsp3) is 0.400. The SMILES string of the molecule is CN/C=C\C(=C/CC(F)(F)F)C(F)(F)C1(C)SC(=N[C@@H](C)c2ccccc2F)NC1=O. The molecular formula is C20H21F6N3OS. The zero-order valence-electron chi connectivity index (χ0n) is 16.9. The van der Waals surface area contributed by atoms with Crippen molar-refractivity contribution in [3.63, 3.8) is 0 Å². The molecule has 2 rings (SSSR count). The molecule has 11 heteroatoms. The molecule has 4 nitrogen and oxygen atoms in total. The maximum atomic E-state index is 15.3. The van der Waals surface area contributed by atoms with Crippen LogP contribution in [0.5, 0.6) is 0 Å². The van der Waals surface area contributed by atoms with Gasteiger partial charge in [-0.3, -0.25) is 9.79 Å². The highest BCUT2D eigenvalue weighted by Crippen LogP contribution is 2.49. The zero-order chi connectivity index (χ0) is 23.4. The van der Waals surface area contributed by atoms with Crippen LogP contribution in [-0.2, 0) is 4.79 Å². The largest absolute Gasteiger partial charge is 0.394 e. The summed E-state index contributed by atoms with van der Waals surface area (Å²) in [5, 5.41) is 4.50. The van der Waals surface area contributed by atoms with Crippen LogP contribution >= 0.6 is 11.8 Å². The number of hydrogen-bond acceptors (Lipinski definition) is 4. The zero-order valence-corrected chi connectivity index (χ0v) is 17.7. The molecule has 1 heterocycles. The van der Waals surface area contributed by atoms with Gasteiger partial charge in [0.1, 0.15) is 5.82 Å². The van der Waals surface area contributed by atoms with Gasteiger partial charge in [-0.15, -0.1) is 0 Å². The molecule has 0 radical (unpaired) electrons. The van der Waals surface area contributed by atoms with Gasteiger partial charge >= 0.3 is 6.18 Å². The summed E-state index contributed by atoms with van der Waals surface area (Å²) in [6, 6.07) is 4.97. The Morgan fingerprint density at radius 2 is 1.94 bits per heavy atom. The molecule has 170 valence electrons. The molecule has 0 saturated carbocycles. The Hall–Kier alpha value is -2.43. The first kappa shape index (κ1) is 24.8. The Bertz CT molecular complexity index is 912. The molecule has 1 aliphatic rings. The number of nitrogens with zero attached hydrogens (tertiary/aromatic N) is 1. The van der Waals surface area contributed by atoms with Crippen molar-refractivity contribution in [3.8, 4) is 0 Å². The lowest BCUT2D eigenvalue weighted by molar-refractivity contribution is -0.128. The van der Waals surface area contributed by atoms with Crippen molar-refractivity contribution in [2.75, 3.05) is 7.05 Å². The van der Waals surface area contributed by atoms with Crippen LogP contribution in [0.4, 0.5) is 26.3 Å². The minimum absolute atomic E-state index is 0.171. The van der Waals surface area contributed by atoms with Crippen LogP contribution < -0.4 is 10.6 Å². The molecule has 0 aromatic heterocycles. The number of nitrogens with one attached hydrogen (secondary N) is 2. The summed E-state index contributed by atoms with van der Waals surface area (Å²) in [6.07, 6.45) is -4.08. The van der Waals surface area contributed by atoms with E-state index in [0.717, 1.165) is 19.2 Å². The molecule has 1 unspecified atom stereocenters. The summed E-state index contributed by atoms with van der Waals surface area (Å²) >= 11 is 0.393. The number of thioether (sulfide) groups is 1. The van der Waals surface area contributed by atoms with Gasteiger partial charge in [0.2, 0.25) is 5.91 Å². The highest BCUT2D eigenvalue weighted by atomic mass is 32.2. The number of alkyl halides is 5. The molecule has 31 heavy (non-hydrogen) atoms. The van der Waals surface area contributed by atoms with E-state index in [9.17, 15) is 22.4 Å². The predicted molar refractivity (Wildman–Crippen MR) is 108 cm³/mol. The van der Waals surface area contributed by atoms with Gasteiger partial charge in [0.05, 0.1) is 12.5 Å². The Kier molecular flexibility index (Phi) is 7.51. The number of allylic oxidation sites excluding steroid dienone is 3. The van der Waals surface area contributed by atoms with Crippen molar-refractivity contribution in [1.29, 1.82) is 0 Å². The number of aliphatic imine (C=N–C) groups is 1.